The van der Waals surface area contributed by atoms with E-state index in [9.17, 15) is 4.79 Å². The summed E-state index contributed by atoms with van der Waals surface area (Å²) in [5, 5.41) is 1.00. The van der Waals surface area contributed by atoms with E-state index in [0.717, 1.165) is 22.1 Å². The molecule has 0 radical (unpaired) electrons. The number of furan rings is 2. The first-order chi connectivity index (χ1) is 9.79. The Bertz CT molecular complexity index is 767. The Labute approximate surface area is 115 Å². The van der Waals surface area contributed by atoms with E-state index in [1.165, 1.54) is 0 Å². The third-order valence-corrected chi connectivity index (χ3v) is 3.16. The Morgan fingerprint density at radius 1 is 1.20 bits per heavy atom. The second-order valence-corrected chi connectivity index (χ2v) is 4.47. The highest BCUT2D eigenvalue weighted by Crippen LogP contribution is 2.31. The lowest BCUT2D eigenvalue weighted by molar-refractivity contribution is 0.0959. The number of hydrogen-bond donors (Lipinski definition) is 0. The number of ketones is 1. The number of aliphatic imine (C=N–C) groups is 1. The van der Waals surface area contributed by atoms with Gasteiger partial charge in [0.05, 0.1) is 12.5 Å². The van der Waals surface area contributed by atoms with Gasteiger partial charge in [-0.05, 0) is 18.9 Å². The van der Waals surface area contributed by atoms with Crippen molar-refractivity contribution in [3.63, 3.8) is 0 Å². The SMILES string of the molecule is C=NCCC(=O)c1cc(-c2coc3ccccc23)co1. The smallest absolute Gasteiger partial charge is 0.199 e. The van der Waals surface area contributed by atoms with Crippen molar-refractivity contribution in [1.82, 2.24) is 0 Å². The second-order valence-electron chi connectivity index (χ2n) is 4.47. The van der Waals surface area contributed by atoms with Crippen molar-refractivity contribution >= 4 is 23.5 Å². The van der Waals surface area contributed by atoms with E-state index in [4.69, 9.17) is 8.83 Å². The van der Waals surface area contributed by atoms with Gasteiger partial charge >= 0.3 is 0 Å². The largest absolute Gasteiger partial charge is 0.464 e. The lowest BCUT2D eigenvalue weighted by atomic mass is 10.1. The van der Waals surface area contributed by atoms with Gasteiger partial charge in [-0.2, -0.15) is 0 Å². The van der Waals surface area contributed by atoms with Crippen LogP contribution in [0.3, 0.4) is 0 Å². The van der Waals surface area contributed by atoms with E-state index >= 15 is 0 Å². The number of rotatable bonds is 5. The van der Waals surface area contributed by atoms with Crippen molar-refractivity contribution in [2.24, 2.45) is 4.99 Å². The minimum atomic E-state index is -0.0727. The summed E-state index contributed by atoms with van der Waals surface area (Å²) >= 11 is 0. The van der Waals surface area contributed by atoms with Gasteiger partial charge in [0.25, 0.3) is 0 Å². The van der Waals surface area contributed by atoms with Gasteiger partial charge in [0.1, 0.15) is 5.58 Å². The molecule has 2 heterocycles. The zero-order chi connectivity index (χ0) is 13.9. The molecule has 0 atom stereocenters. The third-order valence-electron chi connectivity index (χ3n) is 3.16. The predicted octanol–water partition coefficient (Wildman–Crippen LogP) is 3.97. The molecule has 0 fully saturated rings. The predicted molar refractivity (Wildman–Crippen MR) is 77.3 cm³/mol. The van der Waals surface area contributed by atoms with Crippen molar-refractivity contribution in [1.29, 1.82) is 0 Å². The zero-order valence-corrected chi connectivity index (χ0v) is 10.8. The zero-order valence-electron chi connectivity index (χ0n) is 10.8. The fraction of sp³-hybridized carbons (Fsp3) is 0.125. The van der Waals surface area contributed by atoms with Crippen LogP contribution in [-0.4, -0.2) is 19.0 Å². The molecule has 4 nitrogen and oxygen atoms in total. The van der Waals surface area contributed by atoms with Crippen LogP contribution in [0, 0.1) is 0 Å². The minimum absolute atomic E-state index is 0.0727. The summed E-state index contributed by atoms with van der Waals surface area (Å²) in [5.74, 6) is 0.269. The van der Waals surface area contributed by atoms with E-state index in [1.54, 1.807) is 18.6 Å². The Morgan fingerprint density at radius 3 is 2.90 bits per heavy atom. The Morgan fingerprint density at radius 2 is 2.05 bits per heavy atom. The molecule has 0 N–H and O–H groups in total. The summed E-state index contributed by atoms with van der Waals surface area (Å²) in [6, 6.07) is 9.49. The Kier molecular flexibility index (Phi) is 3.21. The molecule has 0 aliphatic heterocycles. The first-order valence-corrected chi connectivity index (χ1v) is 6.30. The number of Topliss-reactive ketones (excluding diaryl/α,β-unsaturated/α-hetero) is 1. The van der Waals surface area contributed by atoms with Crippen molar-refractivity contribution in [3.05, 3.63) is 48.6 Å². The fourth-order valence-corrected chi connectivity index (χ4v) is 2.13. The molecule has 100 valence electrons. The van der Waals surface area contributed by atoms with Gasteiger partial charge in [-0.25, -0.2) is 0 Å². The van der Waals surface area contributed by atoms with Gasteiger partial charge in [-0.1, -0.05) is 18.2 Å². The number of carbonyl (C=O) groups is 1. The molecular formula is C16H13NO3. The van der Waals surface area contributed by atoms with E-state index in [1.807, 2.05) is 24.3 Å². The molecule has 0 saturated heterocycles. The van der Waals surface area contributed by atoms with Crippen LogP contribution in [0.4, 0.5) is 0 Å². The van der Waals surface area contributed by atoms with Crippen LogP contribution in [0.2, 0.25) is 0 Å². The molecule has 3 rings (SSSR count). The van der Waals surface area contributed by atoms with Crippen LogP contribution in [0.15, 0.2) is 56.7 Å². The molecule has 1 aromatic carbocycles. The average Bonchev–Trinajstić information content (AvgIpc) is 3.10. The highest BCUT2D eigenvalue weighted by atomic mass is 16.3. The van der Waals surface area contributed by atoms with Gasteiger partial charge in [-0.15, -0.1) is 0 Å². The third kappa shape index (κ3) is 2.16. The molecule has 2 aromatic heterocycles. The minimum Gasteiger partial charge on any atom is -0.464 e. The number of hydrogen-bond acceptors (Lipinski definition) is 4. The summed E-state index contributed by atoms with van der Waals surface area (Å²) in [5.41, 5.74) is 2.57. The standard InChI is InChI=1S/C16H13NO3/c1-17-7-6-14(18)16-8-11(9-19-16)13-10-20-15-5-3-2-4-12(13)15/h2-5,8-10H,1,6-7H2. The van der Waals surface area contributed by atoms with Gasteiger partial charge in [0, 0.05) is 29.5 Å². The lowest BCUT2D eigenvalue weighted by Crippen LogP contribution is -1.98. The summed E-state index contributed by atoms with van der Waals surface area (Å²) in [6.07, 6.45) is 3.56. The normalized spacial score (nSPS) is 10.8. The number of nitrogens with zero attached hydrogens (tertiary/aromatic N) is 1. The van der Waals surface area contributed by atoms with Crippen LogP contribution >= 0.6 is 0 Å². The topological polar surface area (TPSA) is 55.7 Å². The second kappa shape index (κ2) is 5.17. The van der Waals surface area contributed by atoms with Crippen molar-refractivity contribution < 1.29 is 13.6 Å². The van der Waals surface area contributed by atoms with E-state index < -0.39 is 0 Å². The van der Waals surface area contributed by atoms with Crippen LogP contribution in [0.25, 0.3) is 22.1 Å². The van der Waals surface area contributed by atoms with E-state index in [-0.39, 0.29) is 5.78 Å². The molecule has 0 bridgehead atoms. The van der Waals surface area contributed by atoms with Crippen molar-refractivity contribution in [3.8, 4) is 11.1 Å². The van der Waals surface area contributed by atoms with Crippen LogP contribution in [0.1, 0.15) is 17.0 Å². The van der Waals surface area contributed by atoms with Crippen LogP contribution < -0.4 is 0 Å². The van der Waals surface area contributed by atoms with Gasteiger partial charge in [-0.3, -0.25) is 4.79 Å². The monoisotopic (exact) mass is 267 g/mol. The van der Waals surface area contributed by atoms with E-state index in [2.05, 4.69) is 11.7 Å². The summed E-state index contributed by atoms with van der Waals surface area (Å²) < 4.78 is 10.8. The summed E-state index contributed by atoms with van der Waals surface area (Å²) in [7, 11) is 0. The van der Waals surface area contributed by atoms with Gasteiger partial charge in [0.2, 0.25) is 0 Å². The molecule has 0 amide bonds. The first-order valence-electron chi connectivity index (χ1n) is 6.30. The first kappa shape index (κ1) is 12.4. The van der Waals surface area contributed by atoms with Gasteiger partial charge in [0.15, 0.2) is 11.5 Å². The molecule has 0 saturated carbocycles. The average molecular weight is 267 g/mol. The molecular weight excluding hydrogens is 254 g/mol. The summed E-state index contributed by atoms with van der Waals surface area (Å²) in [4.78, 5) is 15.5. The highest BCUT2D eigenvalue weighted by molar-refractivity contribution is 5.98. The number of para-hydroxylation sites is 1. The number of fused-ring (bicyclic) bond motifs is 1. The molecule has 0 spiro atoms. The fourth-order valence-electron chi connectivity index (χ4n) is 2.13. The van der Waals surface area contributed by atoms with Crippen LogP contribution in [0.5, 0.6) is 0 Å². The number of benzene rings is 1. The molecule has 0 aliphatic rings. The molecule has 3 aromatic rings. The molecule has 4 heteroatoms. The maximum Gasteiger partial charge on any atom is 0.199 e. The summed E-state index contributed by atoms with van der Waals surface area (Å²) in [6.45, 7) is 3.77. The van der Waals surface area contributed by atoms with Gasteiger partial charge < -0.3 is 13.8 Å². The number of carbonyl (C=O) groups excluding carboxylic acids is 1. The lowest BCUT2D eigenvalue weighted by Gasteiger charge is -1.92. The quantitative estimate of drug-likeness (QED) is 0.519. The van der Waals surface area contributed by atoms with Crippen molar-refractivity contribution in [2.75, 3.05) is 6.54 Å². The molecule has 0 aliphatic carbocycles. The Hall–Kier alpha value is -2.62. The van der Waals surface area contributed by atoms with Crippen LogP contribution in [-0.2, 0) is 0 Å². The van der Waals surface area contributed by atoms with E-state index in [0.29, 0.717) is 18.7 Å². The van der Waals surface area contributed by atoms with Crippen molar-refractivity contribution in [2.45, 2.75) is 6.42 Å². The maximum absolute atomic E-state index is 11.8. The highest BCUT2D eigenvalue weighted by Gasteiger charge is 2.14. The maximum atomic E-state index is 11.8. The Balaban J connectivity index is 1.94. The molecule has 20 heavy (non-hydrogen) atoms. The molecule has 0 unspecified atom stereocenters.